The average Bonchev–Trinajstić information content (AvgIpc) is 2.42. The van der Waals surface area contributed by atoms with E-state index < -0.39 is 12.1 Å². The molecule has 0 radical (unpaired) electrons. The molecule has 0 aliphatic heterocycles. The normalized spacial score (nSPS) is 14.2. The van der Waals surface area contributed by atoms with Crippen molar-refractivity contribution in [3.05, 3.63) is 20.6 Å². The molecule has 0 saturated heterocycles. The van der Waals surface area contributed by atoms with Crippen LogP contribution in [0, 0.1) is 0 Å². The molecular formula is C13H19Br2NO3. The van der Waals surface area contributed by atoms with E-state index in [-0.39, 0.29) is 5.75 Å². The van der Waals surface area contributed by atoms with Gasteiger partial charge in [-0.2, -0.15) is 0 Å². The van der Waals surface area contributed by atoms with Gasteiger partial charge in [-0.15, -0.1) is 0 Å². The smallest absolute Gasteiger partial charge is 0.173 e. The molecule has 0 aliphatic carbocycles. The zero-order valence-corrected chi connectivity index (χ0v) is 14.2. The molecule has 19 heavy (non-hydrogen) atoms. The van der Waals surface area contributed by atoms with Crippen LogP contribution in [0.2, 0.25) is 0 Å². The quantitative estimate of drug-likeness (QED) is 0.687. The molecule has 108 valence electrons. The summed E-state index contributed by atoms with van der Waals surface area (Å²) >= 11 is 6.66. The first-order chi connectivity index (χ1) is 8.93. The molecule has 2 atom stereocenters. The average molecular weight is 397 g/mol. The van der Waals surface area contributed by atoms with Gasteiger partial charge in [-0.05, 0) is 49.9 Å². The lowest BCUT2D eigenvalue weighted by Crippen LogP contribution is -2.26. The lowest BCUT2D eigenvalue weighted by Gasteiger charge is -2.22. The molecule has 4 N–H and O–H groups in total. The summed E-state index contributed by atoms with van der Waals surface area (Å²) < 4.78 is 6.20. The summed E-state index contributed by atoms with van der Waals surface area (Å²) in [6.07, 6.45) is 1.94. The van der Waals surface area contributed by atoms with Crippen LogP contribution >= 0.6 is 31.9 Å². The molecule has 6 heteroatoms. The highest BCUT2D eigenvalue weighted by atomic mass is 79.9. The lowest BCUT2D eigenvalue weighted by molar-refractivity contribution is 0.132. The summed E-state index contributed by atoms with van der Waals surface area (Å²) in [7, 11) is 1.47. The molecule has 0 heterocycles. The summed E-state index contributed by atoms with van der Waals surface area (Å²) in [5.41, 5.74) is 6.78. The molecule has 0 spiro atoms. The number of benzene rings is 1. The van der Waals surface area contributed by atoms with Gasteiger partial charge in [0, 0.05) is 4.47 Å². The Labute approximate surface area is 130 Å². The van der Waals surface area contributed by atoms with E-state index >= 15 is 0 Å². The maximum Gasteiger partial charge on any atom is 0.173 e. The molecule has 0 fully saturated rings. The molecule has 1 aromatic rings. The number of methoxy groups -OCH3 is 1. The molecule has 1 aromatic carbocycles. The standard InChI is InChI=1S/C13H19Br2NO3/c1-3-4-5-8(17)12(16)7-6-9(19-2)13(18)11(15)10(7)14/h6,8,12,17-18H,3-5,16H2,1-2H3/t8-,12+/m0/s1. The van der Waals surface area contributed by atoms with Crippen molar-refractivity contribution in [3.8, 4) is 11.5 Å². The van der Waals surface area contributed by atoms with Crippen LogP contribution in [0.1, 0.15) is 37.8 Å². The topological polar surface area (TPSA) is 75.7 Å². The maximum atomic E-state index is 10.1. The second-order valence-corrected chi connectivity index (χ2v) is 5.97. The van der Waals surface area contributed by atoms with Crippen molar-refractivity contribution >= 4 is 31.9 Å². The van der Waals surface area contributed by atoms with E-state index in [1.807, 2.05) is 0 Å². The van der Waals surface area contributed by atoms with E-state index in [0.29, 0.717) is 26.7 Å². The first-order valence-corrected chi connectivity index (χ1v) is 7.71. The Balaban J connectivity index is 3.09. The fourth-order valence-electron chi connectivity index (χ4n) is 1.81. The predicted octanol–water partition coefficient (Wildman–Crippen LogP) is 3.48. The third-order valence-corrected chi connectivity index (χ3v) is 5.18. The minimum Gasteiger partial charge on any atom is -0.503 e. The Morgan fingerprint density at radius 2 is 2.00 bits per heavy atom. The summed E-state index contributed by atoms with van der Waals surface area (Å²) in [5, 5.41) is 19.9. The molecule has 0 saturated carbocycles. The largest absolute Gasteiger partial charge is 0.503 e. The number of unbranched alkanes of at least 4 members (excludes halogenated alkanes) is 1. The Morgan fingerprint density at radius 3 is 2.53 bits per heavy atom. The highest BCUT2D eigenvalue weighted by molar-refractivity contribution is 9.13. The zero-order valence-electron chi connectivity index (χ0n) is 11.0. The Morgan fingerprint density at radius 1 is 1.37 bits per heavy atom. The Kier molecular flexibility index (Phi) is 6.59. The molecule has 0 aliphatic rings. The van der Waals surface area contributed by atoms with Crippen molar-refractivity contribution in [3.63, 3.8) is 0 Å². The van der Waals surface area contributed by atoms with Gasteiger partial charge in [0.25, 0.3) is 0 Å². The van der Waals surface area contributed by atoms with E-state index in [4.69, 9.17) is 10.5 Å². The summed E-state index contributed by atoms with van der Waals surface area (Å²) in [6.45, 7) is 2.06. The van der Waals surface area contributed by atoms with Gasteiger partial charge in [0.05, 0.1) is 23.7 Å². The van der Waals surface area contributed by atoms with E-state index in [1.165, 1.54) is 7.11 Å². The van der Waals surface area contributed by atoms with Crippen LogP contribution in [-0.2, 0) is 0 Å². The summed E-state index contributed by atoms with van der Waals surface area (Å²) in [4.78, 5) is 0. The van der Waals surface area contributed by atoms with Crippen molar-refractivity contribution < 1.29 is 14.9 Å². The predicted molar refractivity (Wildman–Crippen MR) is 82.5 cm³/mol. The van der Waals surface area contributed by atoms with E-state index in [2.05, 4.69) is 38.8 Å². The van der Waals surface area contributed by atoms with Gasteiger partial charge in [0.1, 0.15) is 0 Å². The molecule has 0 bridgehead atoms. The van der Waals surface area contributed by atoms with E-state index in [0.717, 1.165) is 12.8 Å². The number of nitrogens with two attached hydrogens (primary N) is 1. The maximum absolute atomic E-state index is 10.1. The molecule has 1 rings (SSSR count). The number of ether oxygens (including phenoxy) is 1. The SMILES string of the molecule is CCCC[C@H](O)[C@H](N)c1cc(OC)c(O)c(Br)c1Br. The highest BCUT2D eigenvalue weighted by Gasteiger charge is 2.23. The van der Waals surface area contributed by atoms with Crippen LogP contribution in [0.25, 0.3) is 0 Å². The van der Waals surface area contributed by atoms with Gasteiger partial charge >= 0.3 is 0 Å². The fourth-order valence-corrected chi connectivity index (χ4v) is 2.80. The van der Waals surface area contributed by atoms with Gasteiger partial charge < -0.3 is 20.7 Å². The third-order valence-electron chi connectivity index (χ3n) is 3.02. The van der Waals surface area contributed by atoms with E-state index in [1.54, 1.807) is 6.07 Å². The molecule has 0 unspecified atom stereocenters. The number of aliphatic hydroxyl groups is 1. The van der Waals surface area contributed by atoms with Crippen molar-refractivity contribution in [1.29, 1.82) is 0 Å². The minimum atomic E-state index is -0.627. The number of aromatic hydroxyl groups is 1. The zero-order chi connectivity index (χ0) is 14.6. The van der Waals surface area contributed by atoms with Gasteiger partial charge in [0.15, 0.2) is 11.5 Å². The van der Waals surface area contributed by atoms with Crippen LogP contribution in [0.4, 0.5) is 0 Å². The summed E-state index contributed by atoms with van der Waals surface area (Å²) in [5.74, 6) is 0.330. The second kappa shape index (κ2) is 7.47. The molecular weight excluding hydrogens is 378 g/mol. The Hall–Kier alpha value is -0.300. The number of rotatable bonds is 6. The first-order valence-electron chi connectivity index (χ1n) is 6.12. The van der Waals surface area contributed by atoms with Crippen LogP contribution in [-0.4, -0.2) is 23.4 Å². The van der Waals surface area contributed by atoms with E-state index in [9.17, 15) is 10.2 Å². The first kappa shape index (κ1) is 16.8. The van der Waals surface area contributed by atoms with Crippen LogP contribution in [0.15, 0.2) is 15.0 Å². The second-order valence-electron chi connectivity index (χ2n) is 4.38. The van der Waals surface area contributed by atoms with Crippen molar-refractivity contribution in [2.45, 2.75) is 38.3 Å². The van der Waals surface area contributed by atoms with Gasteiger partial charge in [0.2, 0.25) is 0 Å². The highest BCUT2D eigenvalue weighted by Crippen LogP contribution is 2.43. The number of aliphatic hydroxyl groups excluding tert-OH is 1. The fraction of sp³-hybridized carbons (Fsp3) is 0.538. The minimum absolute atomic E-state index is 0.00775. The number of hydrogen-bond acceptors (Lipinski definition) is 4. The number of halogens is 2. The van der Waals surface area contributed by atoms with Crippen LogP contribution < -0.4 is 10.5 Å². The molecule has 4 nitrogen and oxygen atoms in total. The van der Waals surface area contributed by atoms with Gasteiger partial charge in [-0.1, -0.05) is 19.8 Å². The van der Waals surface area contributed by atoms with Gasteiger partial charge in [-0.3, -0.25) is 0 Å². The Bertz CT molecular complexity index is 440. The lowest BCUT2D eigenvalue weighted by atomic mass is 9.98. The molecule has 0 amide bonds. The monoisotopic (exact) mass is 395 g/mol. The number of phenols is 1. The number of hydrogen-bond donors (Lipinski definition) is 3. The molecule has 0 aromatic heterocycles. The van der Waals surface area contributed by atoms with Crippen LogP contribution in [0.3, 0.4) is 0 Å². The number of phenolic OH excluding ortho intramolecular Hbond substituents is 1. The van der Waals surface area contributed by atoms with Crippen molar-refractivity contribution in [2.24, 2.45) is 5.73 Å². The van der Waals surface area contributed by atoms with Crippen LogP contribution in [0.5, 0.6) is 11.5 Å². The van der Waals surface area contributed by atoms with Crippen molar-refractivity contribution in [1.82, 2.24) is 0 Å². The third kappa shape index (κ3) is 3.84. The van der Waals surface area contributed by atoms with Gasteiger partial charge in [-0.25, -0.2) is 0 Å². The summed E-state index contributed by atoms with van der Waals surface area (Å²) in [6, 6.07) is 1.11. The van der Waals surface area contributed by atoms with Crippen molar-refractivity contribution in [2.75, 3.05) is 7.11 Å².